The first-order valence-corrected chi connectivity index (χ1v) is 16.6. The lowest BCUT2D eigenvalue weighted by atomic mass is 9.98. The van der Waals surface area contributed by atoms with Crippen LogP contribution >= 0.6 is 0 Å². The van der Waals surface area contributed by atoms with Crippen LogP contribution in [0.5, 0.6) is 0 Å². The van der Waals surface area contributed by atoms with Crippen LogP contribution in [-0.4, -0.2) is 63.8 Å². The number of benzene rings is 3. The van der Waals surface area contributed by atoms with Gasteiger partial charge in [0.05, 0.1) is 25.2 Å². The van der Waals surface area contributed by atoms with Crippen LogP contribution in [0.2, 0.25) is 0 Å². The van der Waals surface area contributed by atoms with E-state index in [0.717, 1.165) is 52.8 Å². The summed E-state index contributed by atoms with van der Waals surface area (Å²) >= 11 is 0. The van der Waals surface area contributed by atoms with Gasteiger partial charge in [0, 0.05) is 31.5 Å². The summed E-state index contributed by atoms with van der Waals surface area (Å²) < 4.78 is 19.0. The molecule has 10 nitrogen and oxygen atoms in total. The number of carbonyl (C=O) groups is 3. The molecule has 2 saturated heterocycles. The molecule has 2 aliphatic rings. The zero-order valence-electron chi connectivity index (χ0n) is 27.9. The van der Waals surface area contributed by atoms with E-state index in [0.29, 0.717) is 19.5 Å². The summed E-state index contributed by atoms with van der Waals surface area (Å²) in [6, 6.07) is 23.3. The zero-order chi connectivity index (χ0) is 34.3. The molecule has 0 saturated carbocycles. The van der Waals surface area contributed by atoms with Crippen LogP contribution in [0.1, 0.15) is 87.5 Å². The molecule has 0 spiro atoms. The summed E-state index contributed by atoms with van der Waals surface area (Å²) in [5.41, 5.74) is 4.91. The normalized spacial score (nSPS) is 21.5. The van der Waals surface area contributed by atoms with Gasteiger partial charge < -0.3 is 29.7 Å². The second-order valence-corrected chi connectivity index (χ2v) is 13.5. The molecule has 256 valence electrons. The third-order valence-electron chi connectivity index (χ3n) is 8.57. The molecule has 5 rings (SSSR count). The van der Waals surface area contributed by atoms with Crippen molar-refractivity contribution in [1.29, 1.82) is 0 Å². The van der Waals surface area contributed by atoms with Crippen molar-refractivity contribution in [3.8, 4) is 11.1 Å². The predicted molar refractivity (Wildman–Crippen MR) is 179 cm³/mol. The van der Waals surface area contributed by atoms with Gasteiger partial charge in [-0.3, -0.25) is 19.3 Å². The molecule has 0 radical (unpaired) electrons. The topological polar surface area (TPSA) is 135 Å². The fourth-order valence-electron chi connectivity index (χ4n) is 6.21. The molecule has 4 unspecified atom stereocenters. The largest absolute Gasteiger partial charge is 0.481 e. The van der Waals surface area contributed by atoms with E-state index in [9.17, 15) is 19.5 Å². The van der Waals surface area contributed by atoms with Gasteiger partial charge >= 0.3 is 11.9 Å². The molecule has 0 aliphatic carbocycles. The zero-order valence-corrected chi connectivity index (χ0v) is 27.9. The predicted octanol–water partition coefficient (Wildman–Crippen LogP) is 5.68. The fourth-order valence-corrected chi connectivity index (χ4v) is 6.21. The van der Waals surface area contributed by atoms with Gasteiger partial charge in [-0.05, 0) is 80.1 Å². The lowest BCUT2D eigenvalue weighted by molar-refractivity contribution is -0.253. The lowest BCUT2D eigenvalue weighted by Crippen LogP contribution is -2.45. The van der Waals surface area contributed by atoms with Crippen molar-refractivity contribution in [1.82, 2.24) is 10.2 Å². The molecule has 3 N–H and O–H groups in total. The Hall–Kier alpha value is -4.09. The molecular formula is C38H46N2O8. The van der Waals surface area contributed by atoms with Crippen LogP contribution in [0, 0.1) is 0 Å². The summed E-state index contributed by atoms with van der Waals surface area (Å²) in [5, 5.41) is 21.2. The maximum Gasteiger partial charge on any atom is 0.323 e. The first-order valence-electron chi connectivity index (χ1n) is 16.6. The number of esters is 1. The molecule has 48 heavy (non-hydrogen) atoms. The smallest absolute Gasteiger partial charge is 0.323 e. The number of hydrogen-bond acceptors (Lipinski definition) is 8. The van der Waals surface area contributed by atoms with Crippen molar-refractivity contribution in [2.24, 2.45) is 0 Å². The fraction of sp³-hybridized carbons (Fsp3) is 0.447. The van der Waals surface area contributed by atoms with E-state index < -0.39 is 17.9 Å². The molecule has 0 bridgehead atoms. The molecule has 4 atom stereocenters. The molecule has 3 aromatic rings. The molecule has 2 heterocycles. The summed E-state index contributed by atoms with van der Waals surface area (Å²) in [5.74, 6) is -1.51. The Morgan fingerprint density at radius 3 is 2.35 bits per heavy atom. The average molecular weight is 659 g/mol. The highest BCUT2D eigenvalue weighted by Crippen LogP contribution is 2.39. The van der Waals surface area contributed by atoms with Crippen LogP contribution in [0.3, 0.4) is 0 Å². The maximum atomic E-state index is 13.1. The number of carboxylic acid groups (broad SMARTS) is 1. The number of likely N-dealkylation sites (tertiary alicyclic amines) is 1. The van der Waals surface area contributed by atoms with E-state index in [1.165, 1.54) is 0 Å². The SMILES string of the molecule is CC(C)(C)OC(=O)C1CCCN1CC1CC(c2ccc(CO)cc2)OC(c2cccc(-c3cccc(CNC(=O)CCC(=O)O)c3)c2)O1. The first-order chi connectivity index (χ1) is 23.0. The van der Waals surface area contributed by atoms with Crippen molar-refractivity contribution in [2.75, 3.05) is 13.1 Å². The number of rotatable bonds is 12. The number of amides is 1. The van der Waals surface area contributed by atoms with Crippen molar-refractivity contribution in [3.63, 3.8) is 0 Å². The van der Waals surface area contributed by atoms with Crippen molar-refractivity contribution >= 4 is 17.8 Å². The number of nitrogens with one attached hydrogen (secondary N) is 1. The van der Waals surface area contributed by atoms with E-state index in [4.69, 9.17) is 19.3 Å². The van der Waals surface area contributed by atoms with Gasteiger partial charge in [-0.15, -0.1) is 0 Å². The van der Waals surface area contributed by atoms with E-state index in [-0.39, 0.29) is 49.6 Å². The van der Waals surface area contributed by atoms with Crippen molar-refractivity contribution < 1.29 is 38.8 Å². The quantitative estimate of drug-likeness (QED) is 0.210. The van der Waals surface area contributed by atoms with E-state index >= 15 is 0 Å². The Morgan fingerprint density at radius 2 is 1.65 bits per heavy atom. The minimum absolute atomic E-state index is 0.0355. The number of aliphatic carboxylic acids is 1. The van der Waals surface area contributed by atoms with Crippen molar-refractivity contribution in [2.45, 2.75) is 96.2 Å². The highest BCUT2D eigenvalue weighted by molar-refractivity contribution is 5.80. The monoisotopic (exact) mass is 658 g/mol. The van der Waals surface area contributed by atoms with Gasteiger partial charge in [0.1, 0.15) is 11.6 Å². The number of aliphatic hydroxyl groups is 1. The summed E-state index contributed by atoms with van der Waals surface area (Å²) in [4.78, 5) is 38.1. The second kappa shape index (κ2) is 15.9. The van der Waals surface area contributed by atoms with Gasteiger partial charge in [0.25, 0.3) is 0 Å². The summed E-state index contributed by atoms with van der Waals surface area (Å²) in [7, 11) is 0. The van der Waals surface area contributed by atoms with Gasteiger partial charge in [0.15, 0.2) is 6.29 Å². The highest BCUT2D eigenvalue weighted by Gasteiger charge is 2.39. The minimum Gasteiger partial charge on any atom is -0.481 e. The standard InChI is InChI=1S/C38H46N2O8/c1-38(2,3)48-36(45)32-11-6-18-40(32)23-31-21-33(27-14-12-25(24-41)13-15-27)47-37(46-31)30-10-5-9-29(20-30)28-8-4-7-26(19-28)22-39-34(42)16-17-35(43)44/h4-5,7-10,12-15,19-20,31-33,37,41H,6,11,16-18,21-24H2,1-3H3,(H,39,42)(H,43,44). The van der Waals surface area contributed by atoms with Crippen LogP contribution in [0.25, 0.3) is 11.1 Å². The molecule has 2 aliphatic heterocycles. The Kier molecular flexibility index (Phi) is 11.6. The number of carboxylic acids is 1. The second-order valence-electron chi connectivity index (χ2n) is 13.5. The van der Waals surface area contributed by atoms with Gasteiger partial charge in [0.2, 0.25) is 5.91 Å². The molecule has 0 aromatic heterocycles. The van der Waals surface area contributed by atoms with E-state index in [1.807, 2.05) is 93.6 Å². The minimum atomic E-state index is -1.00. The van der Waals surface area contributed by atoms with Crippen LogP contribution < -0.4 is 5.32 Å². The van der Waals surface area contributed by atoms with Crippen LogP contribution in [0.15, 0.2) is 72.8 Å². The third kappa shape index (κ3) is 9.73. The Morgan fingerprint density at radius 1 is 0.917 bits per heavy atom. The molecule has 10 heteroatoms. The number of ether oxygens (including phenoxy) is 3. The Bertz CT molecular complexity index is 1570. The van der Waals surface area contributed by atoms with Gasteiger partial charge in [-0.1, -0.05) is 60.7 Å². The number of aliphatic hydroxyl groups excluding tert-OH is 1. The number of hydrogen-bond donors (Lipinski definition) is 3. The first kappa shape index (κ1) is 35.2. The molecule has 1 amide bonds. The number of carbonyl (C=O) groups excluding carboxylic acids is 2. The maximum absolute atomic E-state index is 13.1. The van der Waals surface area contributed by atoms with E-state index in [1.54, 1.807) is 0 Å². The molecule has 2 fully saturated rings. The summed E-state index contributed by atoms with van der Waals surface area (Å²) in [6.07, 6.45) is 0.855. The summed E-state index contributed by atoms with van der Waals surface area (Å²) in [6.45, 7) is 7.27. The van der Waals surface area contributed by atoms with E-state index in [2.05, 4.69) is 10.2 Å². The van der Waals surface area contributed by atoms with Gasteiger partial charge in [-0.2, -0.15) is 0 Å². The Balaban J connectivity index is 1.34. The Labute approximate surface area is 282 Å². The van der Waals surface area contributed by atoms with Crippen LogP contribution in [-0.2, 0) is 41.7 Å². The van der Waals surface area contributed by atoms with Crippen LogP contribution in [0.4, 0.5) is 0 Å². The number of nitrogens with zero attached hydrogens (tertiary/aromatic N) is 1. The molecular weight excluding hydrogens is 612 g/mol. The molecule has 3 aromatic carbocycles. The lowest BCUT2D eigenvalue weighted by Gasteiger charge is -2.38. The average Bonchev–Trinajstić information content (AvgIpc) is 3.54. The highest BCUT2D eigenvalue weighted by atomic mass is 16.7. The van der Waals surface area contributed by atoms with Gasteiger partial charge in [-0.25, -0.2) is 0 Å². The third-order valence-corrected chi connectivity index (χ3v) is 8.57. The van der Waals surface area contributed by atoms with Crippen molar-refractivity contribution in [3.05, 3.63) is 95.1 Å².